The van der Waals surface area contributed by atoms with Crippen molar-refractivity contribution in [2.45, 2.75) is 25.3 Å². The SMILES string of the molecule is CC1(C)c2ccccc2-c2cc3c4cnccc4n(-c4cccc(C5=NC(c6ccccc6)C=C(c6ccccc6)N5)c4)c3cc21. The number of hydrogen-bond acceptors (Lipinski definition) is 3. The van der Waals surface area contributed by atoms with E-state index in [2.05, 4.69) is 162 Å². The fourth-order valence-corrected chi connectivity index (χ4v) is 7.42. The first-order valence-electron chi connectivity index (χ1n) is 15.9. The summed E-state index contributed by atoms with van der Waals surface area (Å²) in [6.45, 7) is 4.68. The minimum Gasteiger partial charge on any atom is -0.340 e. The zero-order valence-electron chi connectivity index (χ0n) is 25.8. The molecule has 3 heterocycles. The van der Waals surface area contributed by atoms with Crippen LogP contribution < -0.4 is 5.32 Å². The van der Waals surface area contributed by atoms with Crippen LogP contribution >= 0.6 is 0 Å². The van der Waals surface area contributed by atoms with Crippen molar-refractivity contribution in [2.24, 2.45) is 4.99 Å². The first kappa shape index (κ1) is 26.6. The average Bonchev–Trinajstić information content (AvgIpc) is 3.56. The van der Waals surface area contributed by atoms with E-state index in [4.69, 9.17) is 4.99 Å². The molecule has 1 aliphatic heterocycles. The van der Waals surface area contributed by atoms with Gasteiger partial charge in [-0.15, -0.1) is 0 Å². The van der Waals surface area contributed by atoms with Gasteiger partial charge in [-0.25, -0.2) is 0 Å². The highest BCUT2D eigenvalue weighted by Crippen LogP contribution is 2.50. The summed E-state index contributed by atoms with van der Waals surface area (Å²) in [4.78, 5) is 9.80. The molecule has 0 fully saturated rings. The van der Waals surface area contributed by atoms with Crippen molar-refractivity contribution in [3.05, 3.63) is 174 Å². The lowest BCUT2D eigenvalue weighted by Crippen LogP contribution is -2.27. The van der Waals surface area contributed by atoms with E-state index < -0.39 is 0 Å². The Balaban J connectivity index is 1.22. The zero-order chi connectivity index (χ0) is 30.8. The van der Waals surface area contributed by atoms with Crippen molar-refractivity contribution in [3.8, 4) is 16.8 Å². The Morgan fingerprint density at radius 1 is 0.652 bits per heavy atom. The van der Waals surface area contributed by atoms with Crippen LogP contribution in [-0.2, 0) is 5.41 Å². The zero-order valence-corrected chi connectivity index (χ0v) is 25.8. The van der Waals surface area contributed by atoms with E-state index in [0.29, 0.717) is 0 Å². The highest BCUT2D eigenvalue weighted by molar-refractivity contribution is 6.12. The van der Waals surface area contributed by atoms with E-state index in [-0.39, 0.29) is 11.5 Å². The molecule has 0 saturated carbocycles. The van der Waals surface area contributed by atoms with Gasteiger partial charge >= 0.3 is 0 Å². The summed E-state index contributed by atoms with van der Waals surface area (Å²) in [5, 5.41) is 6.05. The van der Waals surface area contributed by atoms with Gasteiger partial charge in [-0.05, 0) is 69.8 Å². The quantitative estimate of drug-likeness (QED) is 0.221. The molecule has 2 aliphatic rings. The Labute approximate surface area is 268 Å². The number of rotatable bonds is 4. The second-order valence-corrected chi connectivity index (χ2v) is 12.8. The summed E-state index contributed by atoms with van der Waals surface area (Å²) in [5.41, 5.74) is 13.1. The fourth-order valence-electron chi connectivity index (χ4n) is 7.42. The molecule has 0 spiro atoms. The van der Waals surface area contributed by atoms with Crippen LogP contribution in [0.5, 0.6) is 0 Å². The van der Waals surface area contributed by atoms with Gasteiger partial charge in [0.1, 0.15) is 5.84 Å². The van der Waals surface area contributed by atoms with Gasteiger partial charge in [0.15, 0.2) is 0 Å². The van der Waals surface area contributed by atoms with Crippen molar-refractivity contribution in [3.63, 3.8) is 0 Å². The summed E-state index contributed by atoms with van der Waals surface area (Å²) in [6, 6.07) is 45.4. The number of aromatic nitrogens is 2. The van der Waals surface area contributed by atoms with Gasteiger partial charge < -0.3 is 9.88 Å². The third-order valence-electron chi connectivity index (χ3n) is 9.72. The van der Waals surface area contributed by atoms with Crippen LogP contribution in [0.4, 0.5) is 0 Å². The Bertz CT molecular complexity index is 2360. The Morgan fingerprint density at radius 2 is 1.41 bits per heavy atom. The molecule has 4 heteroatoms. The van der Waals surface area contributed by atoms with Crippen molar-refractivity contribution in [1.29, 1.82) is 0 Å². The Kier molecular flexibility index (Phi) is 5.88. The van der Waals surface area contributed by atoms with Gasteiger partial charge in [0.2, 0.25) is 0 Å². The van der Waals surface area contributed by atoms with Crippen LogP contribution in [0.2, 0.25) is 0 Å². The summed E-state index contributed by atoms with van der Waals surface area (Å²) >= 11 is 0. The standard InChI is InChI=1S/C42H32N4/c1-42(2)35-19-10-9-18-31(35)32-23-33-34-26-43-21-20-39(34)46(40(33)24-36(32)42)30-17-11-16-29(22-30)41-44-37(27-12-5-3-6-13-27)25-38(45-41)28-14-7-4-8-15-28/h3-26,37H,1-2H3,(H,44,45). The highest BCUT2D eigenvalue weighted by atomic mass is 15.0. The van der Waals surface area contributed by atoms with Crippen molar-refractivity contribution < 1.29 is 0 Å². The molecule has 1 aliphatic carbocycles. The lowest BCUT2D eigenvalue weighted by Gasteiger charge is -2.24. The third-order valence-corrected chi connectivity index (χ3v) is 9.72. The van der Waals surface area contributed by atoms with Gasteiger partial charge in [0.25, 0.3) is 0 Å². The van der Waals surface area contributed by atoms with E-state index >= 15 is 0 Å². The topological polar surface area (TPSA) is 42.2 Å². The first-order chi connectivity index (χ1) is 22.6. The lowest BCUT2D eigenvalue weighted by molar-refractivity contribution is 0.661. The third kappa shape index (κ3) is 4.07. The van der Waals surface area contributed by atoms with Gasteiger partial charge in [-0.1, -0.05) is 111 Å². The van der Waals surface area contributed by atoms with E-state index in [1.807, 2.05) is 12.4 Å². The number of nitrogens with zero attached hydrogens (tertiary/aromatic N) is 3. The van der Waals surface area contributed by atoms with Crippen LogP contribution in [0.1, 0.15) is 47.7 Å². The molecule has 0 amide bonds. The van der Waals surface area contributed by atoms with E-state index in [1.165, 1.54) is 38.7 Å². The fraction of sp³-hybridized carbons (Fsp3) is 0.0952. The number of hydrogen-bond donors (Lipinski definition) is 1. The normalized spacial score (nSPS) is 16.4. The van der Waals surface area contributed by atoms with Gasteiger partial charge in [-0.2, -0.15) is 0 Å². The van der Waals surface area contributed by atoms with Crippen molar-refractivity contribution >= 4 is 33.3 Å². The molecule has 2 aromatic heterocycles. The largest absolute Gasteiger partial charge is 0.340 e. The number of fused-ring (bicyclic) bond motifs is 6. The van der Waals surface area contributed by atoms with Crippen LogP contribution in [0.25, 0.3) is 44.3 Å². The molecule has 7 aromatic rings. The molecule has 1 atom stereocenters. The first-order valence-corrected chi connectivity index (χ1v) is 15.9. The number of pyridine rings is 1. The maximum atomic E-state index is 5.24. The molecular formula is C42H32N4. The summed E-state index contributed by atoms with van der Waals surface area (Å²) in [5.74, 6) is 0.858. The molecule has 0 saturated heterocycles. The molecular weight excluding hydrogens is 560 g/mol. The summed E-state index contributed by atoms with van der Waals surface area (Å²) < 4.78 is 2.39. The van der Waals surface area contributed by atoms with Crippen LogP contribution in [0, 0.1) is 0 Å². The number of benzene rings is 5. The van der Waals surface area contributed by atoms with Gasteiger partial charge in [-0.3, -0.25) is 9.98 Å². The second-order valence-electron chi connectivity index (χ2n) is 12.8. The van der Waals surface area contributed by atoms with Crippen LogP contribution in [0.15, 0.2) is 151 Å². The molecule has 9 rings (SSSR count). The monoisotopic (exact) mass is 592 g/mol. The predicted molar refractivity (Wildman–Crippen MR) is 189 cm³/mol. The van der Waals surface area contributed by atoms with E-state index in [9.17, 15) is 0 Å². The van der Waals surface area contributed by atoms with Gasteiger partial charge in [0, 0.05) is 45.5 Å². The molecule has 0 radical (unpaired) electrons. The number of aliphatic imine (C=N–C) groups is 1. The van der Waals surface area contributed by atoms with E-state index in [0.717, 1.165) is 39.2 Å². The minimum absolute atomic E-state index is 0.0884. The smallest absolute Gasteiger partial charge is 0.133 e. The second kappa shape index (κ2) is 10.1. The lowest BCUT2D eigenvalue weighted by atomic mass is 9.82. The van der Waals surface area contributed by atoms with Crippen LogP contribution in [0.3, 0.4) is 0 Å². The van der Waals surface area contributed by atoms with Crippen molar-refractivity contribution in [2.75, 3.05) is 0 Å². The molecule has 1 unspecified atom stereocenters. The Morgan fingerprint density at radius 3 is 2.26 bits per heavy atom. The molecule has 220 valence electrons. The van der Waals surface area contributed by atoms with Crippen molar-refractivity contribution in [1.82, 2.24) is 14.9 Å². The molecule has 1 N–H and O–H groups in total. The number of amidine groups is 1. The molecule has 46 heavy (non-hydrogen) atoms. The Hall–Kier alpha value is -5.74. The average molecular weight is 593 g/mol. The molecule has 5 aromatic carbocycles. The highest BCUT2D eigenvalue weighted by Gasteiger charge is 2.36. The van der Waals surface area contributed by atoms with E-state index in [1.54, 1.807) is 0 Å². The molecule has 0 bridgehead atoms. The maximum Gasteiger partial charge on any atom is 0.133 e. The predicted octanol–water partition coefficient (Wildman–Crippen LogP) is 9.62. The summed E-state index contributed by atoms with van der Waals surface area (Å²) in [6.07, 6.45) is 6.12. The summed E-state index contributed by atoms with van der Waals surface area (Å²) in [7, 11) is 0. The molecule has 4 nitrogen and oxygen atoms in total. The van der Waals surface area contributed by atoms with Gasteiger partial charge in [0.05, 0.1) is 17.1 Å². The maximum absolute atomic E-state index is 5.24. The minimum atomic E-state index is -0.0953. The number of nitrogens with one attached hydrogen (secondary N) is 1. The van der Waals surface area contributed by atoms with Crippen LogP contribution in [-0.4, -0.2) is 15.4 Å².